The summed E-state index contributed by atoms with van der Waals surface area (Å²) in [4.78, 5) is 26.2. The van der Waals surface area contributed by atoms with Gasteiger partial charge in [-0.15, -0.1) is 0 Å². The van der Waals surface area contributed by atoms with Crippen molar-refractivity contribution in [2.75, 3.05) is 20.2 Å². The molecule has 4 aliphatic rings. The van der Waals surface area contributed by atoms with Crippen LogP contribution in [0.15, 0.2) is 0 Å². The number of ether oxygens (including phenoxy) is 1. The number of fused-ring (bicyclic) bond motifs is 2. The van der Waals surface area contributed by atoms with E-state index in [0.717, 1.165) is 45.2 Å². The number of piperidine rings is 2. The summed E-state index contributed by atoms with van der Waals surface area (Å²) in [6.45, 7) is 3.32. The van der Waals surface area contributed by atoms with Crippen molar-refractivity contribution in [3.05, 3.63) is 0 Å². The lowest BCUT2D eigenvalue weighted by Gasteiger charge is -2.53. The van der Waals surface area contributed by atoms with Crippen molar-refractivity contribution in [1.29, 1.82) is 0 Å². The summed E-state index contributed by atoms with van der Waals surface area (Å²) in [5.41, 5.74) is 0. The number of carbonyl (C=O) groups excluding carboxylic acids is 2. The fourth-order valence-corrected chi connectivity index (χ4v) is 4.54. The van der Waals surface area contributed by atoms with Crippen molar-refractivity contribution in [2.45, 2.75) is 45.1 Å². The Balaban J connectivity index is 1.54. The third kappa shape index (κ3) is 2.39. The first-order valence-electron chi connectivity index (χ1n) is 7.92. The molecule has 2 saturated heterocycles. The van der Waals surface area contributed by atoms with Gasteiger partial charge in [0.1, 0.15) is 5.78 Å². The van der Waals surface area contributed by atoms with Crippen molar-refractivity contribution >= 4 is 11.7 Å². The molecule has 20 heavy (non-hydrogen) atoms. The largest absolute Gasteiger partial charge is 0.381 e. The van der Waals surface area contributed by atoms with Crippen LogP contribution in [-0.2, 0) is 14.3 Å². The van der Waals surface area contributed by atoms with Crippen LogP contribution in [0.3, 0.4) is 0 Å². The molecule has 112 valence electrons. The number of nitrogens with zero attached hydrogens (tertiary/aromatic N) is 1. The number of amides is 1. The summed E-state index contributed by atoms with van der Waals surface area (Å²) in [6, 6.07) is 0. The van der Waals surface area contributed by atoms with Gasteiger partial charge < -0.3 is 9.64 Å². The van der Waals surface area contributed by atoms with Crippen molar-refractivity contribution in [3.63, 3.8) is 0 Å². The topological polar surface area (TPSA) is 46.6 Å². The lowest BCUT2D eigenvalue weighted by Crippen LogP contribution is -2.59. The normalized spacial score (nSPS) is 40.1. The number of Topliss-reactive ketones (excluding diaryl/α,β-unsaturated/α-hetero) is 1. The average Bonchev–Trinajstić information content (AvgIpc) is 2.46. The van der Waals surface area contributed by atoms with Crippen LogP contribution in [0.1, 0.15) is 39.0 Å². The van der Waals surface area contributed by atoms with Gasteiger partial charge in [0.05, 0.1) is 6.10 Å². The van der Waals surface area contributed by atoms with Crippen molar-refractivity contribution in [1.82, 2.24) is 4.90 Å². The van der Waals surface area contributed by atoms with Crippen LogP contribution in [0.5, 0.6) is 0 Å². The second-order valence-corrected chi connectivity index (χ2v) is 6.84. The molecule has 4 nitrogen and oxygen atoms in total. The Bertz CT molecular complexity index is 389. The van der Waals surface area contributed by atoms with E-state index >= 15 is 0 Å². The molecule has 4 fully saturated rings. The molecule has 0 spiro atoms. The standard InChI is InChI=1S/C16H25NO3/c1-10(18)15-12-7-13(15)9-17(8-12)16(19)11-3-5-14(20-2)6-4-11/h11-15H,3-9H2,1-2H3. The van der Waals surface area contributed by atoms with Gasteiger partial charge in [0.15, 0.2) is 0 Å². The van der Waals surface area contributed by atoms with Gasteiger partial charge in [0.25, 0.3) is 0 Å². The van der Waals surface area contributed by atoms with E-state index in [-0.39, 0.29) is 11.8 Å². The summed E-state index contributed by atoms with van der Waals surface area (Å²) < 4.78 is 5.37. The Hall–Kier alpha value is -0.900. The molecule has 4 heteroatoms. The van der Waals surface area contributed by atoms with Gasteiger partial charge in [0.2, 0.25) is 5.91 Å². The minimum absolute atomic E-state index is 0.190. The molecule has 0 radical (unpaired) electrons. The monoisotopic (exact) mass is 279 g/mol. The fourth-order valence-electron chi connectivity index (χ4n) is 4.54. The van der Waals surface area contributed by atoms with E-state index in [1.165, 1.54) is 0 Å². The Morgan fingerprint density at radius 2 is 1.65 bits per heavy atom. The Morgan fingerprint density at radius 3 is 2.15 bits per heavy atom. The number of carbonyl (C=O) groups is 2. The van der Waals surface area contributed by atoms with Crippen LogP contribution in [0.25, 0.3) is 0 Å². The van der Waals surface area contributed by atoms with Crippen LogP contribution in [0.2, 0.25) is 0 Å². The lowest BCUT2D eigenvalue weighted by atomic mass is 9.60. The number of hydrogen-bond donors (Lipinski definition) is 0. The minimum Gasteiger partial charge on any atom is -0.381 e. The average molecular weight is 279 g/mol. The van der Waals surface area contributed by atoms with Crippen LogP contribution in [0, 0.1) is 23.7 Å². The van der Waals surface area contributed by atoms with Crippen molar-refractivity contribution in [2.24, 2.45) is 23.7 Å². The van der Waals surface area contributed by atoms with Crippen LogP contribution in [-0.4, -0.2) is 42.9 Å². The first kappa shape index (κ1) is 14.1. The predicted molar refractivity (Wildman–Crippen MR) is 75.1 cm³/mol. The SMILES string of the molecule is COC1CCC(C(=O)N2CC3CC(C2)C3C(C)=O)CC1. The Labute approximate surface area is 120 Å². The number of rotatable bonds is 3. The highest BCUT2D eigenvalue weighted by atomic mass is 16.5. The minimum atomic E-state index is 0.190. The Kier molecular flexibility index (Phi) is 3.85. The molecule has 1 amide bonds. The molecule has 2 atom stereocenters. The molecule has 4 rings (SSSR count). The third-order valence-corrected chi connectivity index (χ3v) is 5.67. The van der Waals surface area contributed by atoms with E-state index < -0.39 is 0 Å². The molecule has 2 saturated carbocycles. The molecule has 2 heterocycles. The molecule has 0 aromatic rings. The van der Waals surface area contributed by atoms with Gasteiger partial charge in [-0.2, -0.15) is 0 Å². The second kappa shape index (κ2) is 5.47. The van der Waals surface area contributed by atoms with Gasteiger partial charge in [-0.25, -0.2) is 0 Å². The second-order valence-electron chi connectivity index (χ2n) is 6.84. The number of hydrogen-bond acceptors (Lipinski definition) is 3. The van der Waals surface area contributed by atoms with E-state index in [0.29, 0.717) is 29.6 Å². The van der Waals surface area contributed by atoms with Gasteiger partial charge >= 0.3 is 0 Å². The van der Waals surface area contributed by atoms with Crippen LogP contribution in [0.4, 0.5) is 0 Å². The third-order valence-electron chi connectivity index (χ3n) is 5.67. The quantitative estimate of drug-likeness (QED) is 0.792. The number of methoxy groups -OCH3 is 1. The Morgan fingerprint density at radius 1 is 1.05 bits per heavy atom. The van der Waals surface area contributed by atoms with Crippen molar-refractivity contribution < 1.29 is 14.3 Å². The summed E-state index contributed by atoms with van der Waals surface area (Å²) >= 11 is 0. The van der Waals surface area contributed by atoms with Gasteiger partial charge in [-0.05, 0) is 50.9 Å². The fraction of sp³-hybridized carbons (Fsp3) is 0.875. The van der Waals surface area contributed by atoms with E-state index in [4.69, 9.17) is 4.74 Å². The zero-order valence-electron chi connectivity index (χ0n) is 12.5. The smallest absolute Gasteiger partial charge is 0.225 e. The zero-order valence-corrected chi connectivity index (χ0v) is 12.5. The molecular formula is C16H25NO3. The summed E-state index contributed by atoms with van der Waals surface area (Å²) in [5.74, 6) is 1.95. The first-order chi connectivity index (χ1) is 9.60. The molecule has 0 N–H and O–H groups in total. The maximum atomic E-state index is 12.6. The molecule has 2 aliphatic heterocycles. The van der Waals surface area contributed by atoms with Gasteiger partial charge in [-0.3, -0.25) is 9.59 Å². The van der Waals surface area contributed by atoms with Gasteiger partial charge in [0, 0.05) is 32.0 Å². The van der Waals surface area contributed by atoms with E-state index in [9.17, 15) is 9.59 Å². The summed E-state index contributed by atoms with van der Waals surface area (Å²) in [7, 11) is 1.76. The molecule has 2 unspecified atom stereocenters. The lowest BCUT2D eigenvalue weighted by molar-refractivity contribution is -0.154. The van der Waals surface area contributed by atoms with Crippen molar-refractivity contribution in [3.8, 4) is 0 Å². The highest BCUT2D eigenvalue weighted by Gasteiger charge is 2.50. The van der Waals surface area contributed by atoms with E-state index in [2.05, 4.69) is 0 Å². The predicted octanol–water partition coefficient (Wildman–Crippen LogP) is 1.88. The molecular weight excluding hydrogens is 254 g/mol. The van der Waals surface area contributed by atoms with E-state index in [1.807, 2.05) is 4.90 Å². The molecule has 2 aliphatic carbocycles. The van der Waals surface area contributed by atoms with Crippen LogP contribution >= 0.6 is 0 Å². The highest BCUT2D eigenvalue weighted by Crippen LogP contribution is 2.46. The van der Waals surface area contributed by atoms with E-state index in [1.54, 1.807) is 14.0 Å². The highest BCUT2D eigenvalue weighted by molar-refractivity contribution is 5.82. The molecule has 0 aromatic heterocycles. The first-order valence-corrected chi connectivity index (χ1v) is 7.92. The van der Waals surface area contributed by atoms with Crippen LogP contribution < -0.4 is 0 Å². The summed E-state index contributed by atoms with van der Waals surface area (Å²) in [6.07, 6.45) is 5.41. The molecule has 2 bridgehead atoms. The summed E-state index contributed by atoms with van der Waals surface area (Å²) in [5, 5.41) is 0. The number of ketones is 1. The maximum absolute atomic E-state index is 12.6. The zero-order chi connectivity index (χ0) is 14.3. The maximum Gasteiger partial charge on any atom is 0.225 e. The van der Waals surface area contributed by atoms with Gasteiger partial charge in [-0.1, -0.05) is 0 Å². The molecule has 0 aromatic carbocycles.